The van der Waals surface area contributed by atoms with Gasteiger partial charge >= 0.3 is 0 Å². The number of aromatic amines is 1. The summed E-state index contributed by atoms with van der Waals surface area (Å²) in [6, 6.07) is 13.3. The van der Waals surface area contributed by atoms with E-state index in [1.807, 2.05) is 24.3 Å². The number of aromatic nitrogens is 1. The number of amides is 2. The van der Waals surface area contributed by atoms with Gasteiger partial charge in [0.25, 0.3) is 0 Å². The number of carbonyl (C=O) groups is 2. The molecular formula is C18H16FN3O2. The molecule has 0 aliphatic rings. The zero-order valence-corrected chi connectivity index (χ0v) is 12.8. The summed E-state index contributed by atoms with van der Waals surface area (Å²) in [5.41, 5.74) is 2.18. The zero-order chi connectivity index (χ0) is 16.9. The van der Waals surface area contributed by atoms with E-state index in [9.17, 15) is 14.0 Å². The average Bonchev–Trinajstić information content (AvgIpc) is 2.96. The first kappa shape index (κ1) is 15.7. The molecule has 3 rings (SSSR count). The maximum atomic E-state index is 13.0. The summed E-state index contributed by atoms with van der Waals surface area (Å²) >= 11 is 0. The van der Waals surface area contributed by atoms with E-state index in [1.54, 1.807) is 12.3 Å². The molecule has 5 nitrogen and oxygen atoms in total. The SMILES string of the molecule is O=C(Cc1c[nH]c2ccccc12)NCC(=O)Nc1cccc(F)c1. The molecule has 0 unspecified atom stereocenters. The molecule has 0 radical (unpaired) electrons. The first-order chi connectivity index (χ1) is 11.6. The Bertz CT molecular complexity index is 889. The van der Waals surface area contributed by atoms with Gasteiger partial charge in [-0.2, -0.15) is 0 Å². The molecule has 0 aliphatic carbocycles. The van der Waals surface area contributed by atoms with Crippen LogP contribution in [0.15, 0.2) is 54.7 Å². The van der Waals surface area contributed by atoms with Crippen molar-refractivity contribution >= 4 is 28.4 Å². The third-order valence-electron chi connectivity index (χ3n) is 3.58. The van der Waals surface area contributed by atoms with E-state index < -0.39 is 11.7 Å². The van der Waals surface area contributed by atoms with E-state index in [-0.39, 0.29) is 18.9 Å². The largest absolute Gasteiger partial charge is 0.361 e. The smallest absolute Gasteiger partial charge is 0.243 e. The van der Waals surface area contributed by atoms with Crippen molar-refractivity contribution in [2.24, 2.45) is 0 Å². The summed E-state index contributed by atoms with van der Waals surface area (Å²) in [4.78, 5) is 26.9. The van der Waals surface area contributed by atoms with Gasteiger partial charge < -0.3 is 15.6 Å². The molecule has 24 heavy (non-hydrogen) atoms. The van der Waals surface area contributed by atoms with E-state index >= 15 is 0 Å². The lowest BCUT2D eigenvalue weighted by Gasteiger charge is -2.07. The van der Waals surface area contributed by atoms with E-state index in [1.165, 1.54) is 18.2 Å². The molecular weight excluding hydrogens is 309 g/mol. The van der Waals surface area contributed by atoms with Crippen molar-refractivity contribution in [3.8, 4) is 0 Å². The molecule has 0 atom stereocenters. The Morgan fingerprint density at radius 2 is 1.88 bits per heavy atom. The Morgan fingerprint density at radius 1 is 1.04 bits per heavy atom. The molecule has 0 bridgehead atoms. The fourth-order valence-corrected chi connectivity index (χ4v) is 2.46. The first-order valence-electron chi connectivity index (χ1n) is 7.49. The van der Waals surface area contributed by atoms with Crippen LogP contribution in [-0.4, -0.2) is 23.3 Å². The van der Waals surface area contributed by atoms with Crippen molar-refractivity contribution in [2.75, 3.05) is 11.9 Å². The van der Waals surface area contributed by atoms with Crippen molar-refractivity contribution in [2.45, 2.75) is 6.42 Å². The third-order valence-corrected chi connectivity index (χ3v) is 3.58. The fraction of sp³-hybridized carbons (Fsp3) is 0.111. The van der Waals surface area contributed by atoms with Gasteiger partial charge in [-0.25, -0.2) is 4.39 Å². The Morgan fingerprint density at radius 3 is 2.71 bits per heavy atom. The minimum Gasteiger partial charge on any atom is -0.361 e. The summed E-state index contributed by atoms with van der Waals surface area (Å²) < 4.78 is 13.0. The number of para-hydroxylation sites is 1. The van der Waals surface area contributed by atoms with Crippen LogP contribution < -0.4 is 10.6 Å². The molecule has 0 fully saturated rings. The van der Waals surface area contributed by atoms with Crippen LogP contribution in [-0.2, 0) is 16.0 Å². The predicted molar refractivity (Wildman–Crippen MR) is 90.0 cm³/mol. The van der Waals surface area contributed by atoms with Gasteiger partial charge in [-0.05, 0) is 29.8 Å². The number of H-pyrrole nitrogens is 1. The van der Waals surface area contributed by atoms with Crippen LogP contribution in [0.25, 0.3) is 10.9 Å². The molecule has 0 spiro atoms. The number of rotatable bonds is 5. The molecule has 0 saturated heterocycles. The lowest BCUT2D eigenvalue weighted by atomic mass is 10.1. The van der Waals surface area contributed by atoms with Gasteiger partial charge in [0.1, 0.15) is 5.82 Å². The van der Waals surface area contributed by atoms with Gasteiger partial charge in [-0.1, -0.05) is 24.3 Å². The monoisotopic (exact) mass is 325 g/mol. The van der Waals surface area contributed by atoms with E-state index in [0.717, 1.165) is 16.5 Å². The van der Waals surface area contributed by atoms with Crippen LogP contribution in [0.5, 0.6) is 0 Å². The van der Waals surface area contributed by atoms with Crippen molar-refractivity contribution in [3.63, 3.8) is 0 Å². The van der Waals surface area contributed by atoms with Crippen LogP contribution in [0.3, 0.4) is 0 Å². The van der Waals surface area contributed by atoms with Gasteiger partial charge in [0.2, 0.25) is 11.8 Å². The molecule has 1 aromatic heterocycles. The summed E-state index contributed by atoms with van der Waals surface area (Å²) in [6.07, 6.45) is 1.97. The Kier molecular flexibility index (Phi) is 4.56. The average molecular weight is 325 g/mol. The quantitative estimate of drug-likeness (QED) is 0.674. The standard InChI is InChI=1S/C18H16FN3O2/c19-13-4-3-5-14(9-13)22-18(24)11-21-17(23)8-12-10-20-16-7-2-1-6-15(12)16/h1-7,9-10,20H,8,11H2,(H,21,23)(H,22,24). The van der Waals surface area contributed by atoms with Crippen molar-refractivity contribution < 1.29 is 14.0 Å². The highest BCUT2D eigenvalue weighted by atomic mass is 19.1. The van der Waals surface area contributed by atoms with Gasteiger partial charge in [-0.3, -0.25) is 9.59 Å². The highest BCUT2D eigenvalue weighted by molar-refractivity contribution is 5.95. The normalized spacial score (nSPS) is 10.5. The zero-order valence-electron chi connectivity index (χ0n) is 12.8. The highest BCUT2D eigenvalue weighted by Gasteiger charge is 2.10. The number of nitrogens with one attached hydrogen (secondary N) is 3. The molecule has 3 N–H and O–H groups in total. The van der Waals surface area contributed by atoms with Crippen LogP contribution in [0.1, 0.15) is 5.56 Å². The van der Waals surface area contributed by atoms with Crippen LogP contribution >= 0.6 is 0 Å². The Hall–Kier alpha value is -3.15. The molecule has 2 amide bonds. The minimum atomic E-state index is -0.434. The van der Waals surface area contributed by atoms with Gasteiger partial charge in [0, 0.05) is 22.8 Å². The second-order valence-corrected chi connectivity index (χ2v) is 5.37. The number of hydrogen-bond acceptors (Lipinski definition) is 2. The summed E-state index contributed by atoms with van der Waals surface area (Å²) in [7, 11) is 0. The van der Waals surface area contributed by atoms with Crippen molar-refractivity contribution in [1.29, 1.82) is 0 Å². The van der Waals surface area contributed by atoms with E-state index in [0.29, 0.717) is 5.69 Å². The molecule has 3 aromatic rings. The number of fused-ring (bicyclic) bond motifs is 1. The van der Waals surface area contributed by atoms with Crippen molar-refractivity contribution in [1.82, 2.24) is 10.3 Å². The third kappa shape index (κ3) is 3.78. The molecule has 0 saturated carbocycles. The second-order valence-electron chi connectivity index (χ2n) is 5.37. The lowest BCUT2D eigenvalue weighted by Crippen LogP contribution is -2.33. The maximum absolute atomic E-state index is 13.0. The molecule has 122 valence electrons. The molecule has 2 aromatic carbocycles. The van der Waals surface area contributed by atoms with Crippen LogP contribution in [0, 0.1) is 5.82 Å². The number of anilines is 1. The molecule has 1 heterocycles. The van der Waals surface area contributed by atoms with E-state index in [4.69, 9.17) is 0 Å². The Labute approximate surface area is 137 Å². The molecule has 0 aliphatic heterocycles. The van der Waals surface area contributed by atoms with Crippen LogP contribution in [0.4, 0.5) is 10.1 Å². The van der Waals surface area contributed by atoms with Crippen LogP contribution in [0.2, 0.25) is 0 Å². The Balaban J connectivity index is 1.53. The van der Waals surface area contributed by atoms with Gasteiger partial charge in [-0.15, -0.1) is 0 Å². The molecule has 6 heteroatoms. The minimum absolute atomic E-state index is 0.169. The number of hydrogen-bond donors (Lipinski definition) is 3. The fourth-order valence-electron chi connectivity index (χ4n) is 2.46. The predicted octanol–water partition coefficient (Wildman–Crippen LogP) is 2.60. The van der Waals surface area contributed by atoms with Gasteiger partial charge in [0.05, 0.1) is 13.0 Å². The summed E-state index contributed by atoms with van der Waals surface area (Å²) in [6.45, 7) is -0.169. The first-order valence-corrected chi connectivity index (χ1v) is 7.49. The highest BCUT2D eigenvalue weighted by Crippen LogP contribution is 2.17. The lowest BCUT2D eigenvalue weighted by molar-refractivity contribution is -0.123. The summed E-state index contributed by atoms with van der Waals surface area (Å²) in [5.74, 6) is -1.10. The summed E-state index contributed by atoms with van der Waals surface area (Å²) in [5, 5.41) is 6.07. The number of benzene rings is 2. The van der Waals surface area contributed by atoms with E-state index in [2.05, 4.69) is 15.6 Å². The topological polar surface area (TPSA) is 74.0 Å². The van der Waals surface area contributed by atoms with Gasteiger partial charge in [0.15, 0.2) is 0 Å². The van der Waals surface area contributed by atoms with Crippen molar-refractivity contribution in [3.05, 3.63) is 66.1 Å². The number of carbonyl (C=O) groups excluding carboxylic acids is 2. The second kappa shape index (κ2) is 6.95. The maximum Gasteiger partial charge on any atom is 0.243 e. The number of halogens is 1.